The summed E-state index contributed by atoms with van der Waals surface area (Å²) in [6, 6.07) is 22.3. The first kappa shape index (κ1) is 17.8. The first-order valence-electron chi connectivity index (χ1n) is 8.29. The Balaban J connectivity index is 1.61. The maximum Gasteiger partial charge on any atom is 0.344 e. The molecular formula is C22H14BrClO3. The van der Waals surface area contributed by atoms with Gasteiger partial charge in [0.1, 0.15) is 17.9 Å². The molecule has 27 heavy (non-hydrogen) atoms. The van der Waals surface area contributed by atoms with Crippen molar-refractivity contribution in [1.82, 2.24) is 0 Å². The monoisotopic (exact) mass is 440 g/mol. The Kier molecular flexibility index (Phi) is 5.01. The van der Waals surface area contributed by atoms with Crippen LogP contribution in [-0.4, -0.2) is 0 Å². The van der Waals surface area contributed by atoms with Crippen molar-refractivity contribution in [3.8, 4) is 16.9 Å². The number of hydrogen-bond acceptors (Lipinski definition) is 3. The van der Waals surface area contributed by atoms with E-state index in [1.165, 1.54) is 0 Å². The van der Waals surface area contributed by atoms with Gasteiger partial charge in [0, 0.05) is 20.9 Å². The van der Waals surface area contributed by atoms with Crippen LogP contribution in [0.25, 0.3) is 22.1 Å². The van der Waals surface area contributed by atoms with E-state index in [2.05, 4.69) is 15.9 Å². The Labute approximate surface area is 169 Å². The highest BCUT2D eigenvalue weighted by molar-refractivity contribution is 9.10. The van der Waals surface area contributed by atoms with Gasteiger partial charge in [-0.25, -0.2) is 4.79 Å². The lowest BCUT2D eigenvalue weighted by Gasteiger charge is -2.08. The molecule has 134 valence electrons. The Morgan fingerprint density at radius 3 is 2.41 bits per heavy atom. The molecule has 3 nitrogen and oxygen atoms in total. The van der Waals surface area contributed by atoms with Crippen LogP contribution in [0.15, 0.2) is 86.5 Å². The maximum atomic E-state index is 12.4. The van der Waals surface area contributed by atoms with Crippen LogP contribution in [0.2, 0.25) is 5.02 Å². The van der Waals surface area contributed by atoms with Crippen molar-refractivity contribution in [3.63, 3.8) is 0 Å². The second-order valence-electron chi connectivity index (χ2n) is 6.07. The van der Waals surface area contributed by atoms with Crippen molar-refractivity contribution < 1.29 is 9.15 Å². The minimum absolute atomic E-state index is 0.394. The van der Waals surface area contributed by atoms with Crippen LogP contribution in [0, 0.1) is 0 Å². The van der Waals surface area contributed by atoms with Gasteiger partial charge in [-0.05, 0) is 53.6 Å². The predicted octanol–water partition coefficient (Wildman–Crippen LogP) is 6.45. The molecule has 0 bridgehead atoms. The molecule has 0 N–H and O–H groups in total. The smallest absolute Gasteiger partial charge is 0.344 e. The van der Waals surface area contributed by atoms with E-state index < -0.39 is 5.63 Å². The summed E-state index contributed by atoms with van der Waals surface area (Å²) in [6.45, 7) is 0.436. The van der Waals surface area contributed by atoms with Crippen molar-refractivity contribution in [2.75, 3.05) is 0 Å². The molecule has 0 unspecified atom stereocenters. The van der Waals surface area contributed by atoms with Gasteiger partial charge in [0.15, 0.2) is 0 Å². The Hall–Kier alpha value is -2.56. The van der Waals surface area contributed by atoms with Crippen LogP contribution in [0.3, 0.4) is 0 Å². The molecule has 0 spiro atoms. The topological polar surface area (TPSA) is 39.4 Å². The predicted molar refractivity (Wildman–Crippen MR) is 111 cm³/mol. The summed E-state index contributed by atoms with van der Waals surface area (Å²) in [5, 5.41) is 1.45. The molecule has 3 aromatic carbocycles. The van der Waals surface area contributed by atoms with E-state index in [1.807, 2.05) is 42.5 Å². The summed E-state index contributed by atoms with van der Waals surface area (Å²) in [7, 11) is 0. The SMILES string of the molecule is O=c1oc2cc(OCc3ccc(Br)cc3)ccc2cc1-c1ccc(Cl)cc1. The zero-order valence-electron chi connectivity index (χ0n) is 14.1. The van der Waals surface area contributed by atoms with Gasteiger partial charge in [0.05, 0.1) is 5.56 Å². The molecule has 1 aromatic heterocycles. The van der Waals surface area contributed by atoms with Crippen molar-refractivity contribution in [2.45, 2.75) is 6.61 Å². The van der Waals surface area contributed by atoms with Gasteiger partial charge in [-0.15, -0.1) is 0 Å². The average Bonchev–Trinajstić information content (AvgIpc) is 2.68. The van der Waals surface area contributed by atoms with Crippen molar-refractivity contribution in [1.29, 1.82) is 0 Å². The molecule has 0 saturated carbocycles. The minimum Gasteiger partial charge on any atom is -0.489 e. The molecule has 4 rings (SSSR count). The van der Waals surface area contributed by atoms with Crippen molar-refractivity contribution in [3.05, 3.63) is 98.3 Å². The van der Waals surface area contributed by atoms with Gasteiger partial charge in [-0.3, -0.25) is 0 Å². The standard InChI is InChI=1S/C22H14BrClO3/c23-17-6-1-14(2-7-17)13-26-19-10-5-16-11-20(22(25)27-21(16)12-19)15-3-8-18(24)9-4-15/h1-12H,13H2. The van der Waals surface area contributed by atoms with Gasteiger partial charge in [-0.1, -0.05) is 51.8 Å². The molecule has 1 heterocycles. The third-order valence-corrected chi connectivity index (χ3v) is 4.96. The van der Waals surface area contributed by atoms with E-state index in [0.717, 1.165) is 21.0 Å². The van der Waals surface area contributed by atoms with Gasteiger partial charge in [0.2, 0.25) is 0 Å². The third kappa shape index (κ3) is 4.07. The Morgan fingerprint density at radius 1 is 0.926 bits per heavy atom. The van der Waals surface area contributed by atoms with E-state index in [4.69, 9.17) is 20.8 Å². The third-order valence-electron chi connectivity index (χ3n) is 4.18. The van der Waals surface area contributed by atoms with E-state index in [9.17, 15) is 4.79 Å². The first-order valence-corrected chi connectivity index (χ1v) is 9.47. The highest BCUT2D eigenvalue weighted by Crippen LogP contribution is 2.26. The van der Waals surface area contributed by atoms with E-state index >= 15 is 0 Å². The van der Waals surface area contributed by atoms with E-state index in [0.29, 0.717) is 28.5 Å². The Morgan fingerprint density at radius 2 is 1.67 bits per heavy atom. The number of halogens is 2. The molecule has 0 aliphatic heterocycles. The molecule has 0 atom stereocenters. The van der Waals surface area contributed by atoms with E-state index in [-0.39, 0.29) is 0 Å². The molecule has 5 heteroatoms. The minimum atomic E-state index is -0.394. The molecular weight excluding hydrogens is 428 g/mol. The van der Waals surface area contributed by atoms with Crippen LogP contribution in [0.4, 0.5) is 0 Å². The number of ether oxygens (including phenoxy) is 1. The maximum absolute atomic E-state index is 12.4. The largest absolute Gasteiger partial charge is 0.489 e. The number of benzene rings is 3. The fourth-order valence-electron chi connectivity index (χ4n) is 2.76. The molecule has 0 saturated heterocycles. The zero-order valence-corrected chi connectivity index (χ0v) is 16.5. The average molecular weight is 442 g/mol. The summed E-state index contributed by atoms with van der Waals surface area (Å²) >= 11 is 9.33. The van der Waals surface area contributed by atoms with Crippen LogP contribution >= 0.6 is 27.5 Å². The summed E-state index contributed by atoms with van der Waals surface area (Å²) in [6.07, 6.45) is 0. The van der Waals surface area contributed by atoms with Crippen LogP contribution in [0.1, 0.15) is 5.56 Å². The second kappa shape index (κ2) is 7.59. The second-order valence-corrected chi connectivity index (χ2v) is 7.42. The van der Waals surface area contributed by atoms with E-state index in [1.54, 1.807) is 30.3 Å². The molecule has 0 radical (unpaired) electrons. The van der Waals surface area contributed by atoms with Crippen molar-refractivity contribution in [2.24, 2.45) is 0 Å². The quantitative estimate of drug-likeness (QED) is 0.341. The van der Waals surface area contributed by atoms with Gasteiger partial charge in [-0.2, -0.15) is 0 Å². The van der Waals surface area contributed by atoms with Crippen LogP contribution < -0.4 is 10.4 Å². The summed E-state index contributed by atoms with van der Waals surface area (Å²) < 4.78 is 12.4. The van der Waals surface area contributed by atoms with Gasteiger partial charge in [0.25, 0.3) is 0 Å². The lowest BCUT2D eigenvalue weighted by atomic mass is 10.1. The first-order chi connectivity index (χ1) is 13.1. The number of fused-ring (bicyclic) bond motifs is 1. The van der Waals surface area contributed by atoms with Gasteiger partial charge >= 0.3 is 5.63 Å². The Bertz CT molecular complexity index is 1150. The molecule has 0 aliphatic rings. The molecule has 4 aromatic rings. The number of hydrogen-bond donors (Lipinski definition) is 0. The molecule has 0 fully saturated rings. The summed E-state index contributed by atoms with van der Waals surface area (Å²) in [5.41, 5.74) is 2.42. The van der Waals surface area contributed by atoms with Crippen molar-refractivity contribution >= 4 is 38.5 Å². The van der Waals surface area contributed by atoms with Gasteiger partial charge < -0.3 is 9.15 Å². The molecule has 0 aliphatic carbocycles. The number of rotatable bonds is 4. The lowest BCUT2D eigenvalue weighted by Crippen LogP contribution is -2.03. The fraction of sp³-hybridized carbons (Fsp3) is 0.0455. The normalized spacial score (nSPS) is 10.9. The highest BCUT2D eigenvalue weighted by atomic mass is 79.9. The fourth-order valence-corrected chi connectivity index (χ4v) is 3.15. The lowest BCUT2D eigenvalue weighted by molar-refractivity contribution is 0.306. The summed E-state index contributed by atoms with van der Waals surface area (Å²) in [4.78, 5) is 12.4. The zero-order chi connectivity index (χ0) is 18.8. The van der Waals surface area contributed by atoms with Crippen LogP contribution in [-0.2, 0) is 6.61 Å². The van der Waals surface area contributed by atoms with Crippen LogP contribution in [0.5, 0.6) is 5.75 Å². The summed E-state index contributed by atoms with van der Waals surface area (Å²) in [5.74, 6) is 0.646. The highest BCUT2D eigenvalue weighted by Gasteiger charge is 2.09. The molecule has 0 amide bonds.